The number of ketones is 1. The number of aliphatic hydroxyl groups excluding tert-OH is 1. The van der Waals surface area contributed by atoms with Gasteiger partial charge in [-0.2, -0.15) is 0 Å². The largest absolute Gasteiger partial charge is 0.455 e. The number of esters is 1. The van der Waals surface area contributed by atoms with Crippen LogP contribution >= 0.6 is 0 Å². The van der Waals surface area contributed by atoms with Gasteiger partial charge in [0.15, 0.2) is 18.5 Å². The zero-order chi connectivity index (χ0) is 37.3. The van der Waals surface area contributed by atoms with Gasteiger partial charge in [0.2, 0.25) is 0 Å². The van der Waals surface area contributed by atoms with Crippen LogP contribution in [0.3, 0.4) is 0 Å². The van der Waals surface area contributed by atoms with Crippen LogP contribution in [0.5, 0.6) is 0 Å². The lowest BCUT2D eigenvalue weighted by atomic mass is 10.1. The van der Waals surface area contributed by atoms with Gasteiger partial charge in [-0.05, 0) is 30.0 Å². The van der Waals surface area contributed by atoms with Crippen molar-refractivity contribution in [3.8, 4) is 0 Å². The van der Waals surface area contributed by atoms with Crippen molar-refractivity contribution in [2.24, 2.45) is 0 Å². The summed E-state index contributed by atoms with van der Waals surface area (Å²) in [6.45, 7) is 3.33. The van der Waals surface area contributed by atoms with Crippen molar-refractivity contribution >= 4 is 17.8 Å². The standard InChI is InChI=1S/C40H51NO11/c1-5-32-37(51-35(44)22-21-28(2)43)38(52-40(45)41(3)4)39(50-32)49-27-34(47-25-30-17-11-7-12-18-30)36(48-26-31-19-13-8-14-20-31)33(23-42)46-24-29-15-9-6-10-16-29/h6-20,32-34,36-39,42H,5,21-27H2,1-4H3/t32-,33?,34?,36?,37?,38+,39-/m1/s1. The molecule has 52 heavy (non-hydrogen) atoms. The third kappa shape index (κ3) is 12.8. The van der Waals surface area contributed by atoms with E-state index in [2.05, 4.69) is 0 Å². The Hall–Kier alpha value is -4.17. The van der Waals surface area contributed by atoms with E-state index in [1.165, 1.54) is 25.9 Å². The van der Waals surface area contributed by atoms with E-state index >= 15 is 0 Å². The first-order chi connectivity index (χ1) is 25.2. The summed E-state index contributed by atoms with van der Waals surface area (Å²) < 4.78 is 43.4. The van der Waals surface area contributed by atoms with Gasteiger partial charge < -0.3 is 48.0 Å². The van der Waals surface area contributed by atoms with E-state index in [1.807, 2.05) is 97.9 Å². The van der Waals surface area contributed by atoms with E-state index in [0.29, 0.717) is 6.42 Å². The molecular weight excluding hydrogens is 670 g/mol. The molecule has 0 bridgehead atoms. The zero-order valence-corrected chi connectivity index (χ0v) is 30.3. The molecule has 1 N–H and O–H groups in total. The molecule has 3 aromatic rings. The lowest BCUT2D eigenvalue weighted by Gasteiger charge is -2.34. The molecule has 4 rings (SSSR count). The number of ether oxygens (including phenoxy) is 7. The van der Waals surface area contributed by atoms with Crippen molar-refractivity contribution < 1.29 is 52.6 Å². The van der Waals surface area contributed by atoms with Crippen molar-refractivity contribution in [1.29, 1.82) is 0 Å². The van der Waals surface area contributed by atoms with Gasteiger partial charge in [0.05, 0.1) is 39.5 Å². The van der Waals surface area contributed by atoms with Crippen LogP contribution in [0.25, 0.3) is 0 Å². The number of hydrogen-bond acceptors (Lipinski definition) is 11. The molecule has 282 valence electrons. The first-order valence-electron chi connectivity index (χ1n) is 17.6. The average Bonchev–Trinajstić information content (AvgIpc) is 3.48. The number of Topliss-reactive ketones (excluding diaryl/α,β-unsaturated/α-hetero) is 1. The van der Waals surface area contributed by atoms with Crippen molar-refractivity contribution in [3.63, 3.8) is 0 Å². The number of nitrogens with zero attached hydrogens (tertiary/aromatic N) is 1. The Morgan fingerprint density at radius 2 is 1.25 bits per heavy atom. The number of carbonyl (C=O) groups is 3. The fraction of sp³-hybridized carbons (Fsp3) is 0.475. The van der Waals surface area contributed by atoms with Gasteiger partial charge in [-0.3, -0.25) is 4.79 Å². The summed E-state index contributed by atoms with van der Waals surface area (Å²) in [6.07, 6.45) is -6.83. The van der Waals surface area contributed by atoms with Gasteiger partial charge in [0, 0.05) is 20.5 Å². The molecule has 12 heteroatoms. The maximum Gasteiger partial charge on any atom is 0.409 e. The van der Waals surface area contributed by atoms with Gasteiger partial charge in [0.25, 0.3) is 0 Å². The number of hydrogen-bond donors (Lipinski definition) is 1. The predicted molar refractivity (Wildman–Crippen MR) is 191 cm³/mol. The molecule has 4 unspecified atom stereocenters. The monoisotopic (exact) mass is 721 g/mol. The highest BCUT2D eigenvalue weighted by Gasteiger charge is 2.50. The Labute approximate surface area is 305 Å². The van der Waals surface area contributed by atoms with Gasteiger partial charge in [-0.25, -0.2) is 4.79 Å². The molecule has 0 spiro atoms. The molecule has 1 fully saturated rings. The van der Waals surface area contributed by atoms with E-state index in [-0.39, 0.29) is 51.7 Å². The Bertz CT molecular complexity index is 1490. The highest BCUT2D eigenvalue weighted by atomic mass is 16.7. The highest BCUT2D eigenvalue weighted by Crippen LogP contribution is 2.31. The van der Waals surface area contributed by atoms with E-state index in [0.717, 1.165) is 16.7 Å². The SMILES string of the molecule is CC[C@H]1O[C@@H](OCC(OCc2ccccc2)C(OCc2ccccc2)C(CO)OCc2ccccc2)[C@@H](OC(=O)N(C)C)C1OC(=O)CCC(C)=O. The second-order valence-corrected chi connectivity index (χ2v) is 12.8. The minimum Gasteiger partial charge on any atom is -0.455 e. The van der Waals surface area contributed by atoms with Gasteiger partial charge >= 0.3 is 12.1 Å². The number of carbonyl (C=O) groups excluding carboxylic acids is 3. The van der Waals surface area contributed by atoms with Crippen LogP contribution in [0.2, 0.25) is 0 Å². The summed E-state index contributed by atoms with van der Waals surface area (Å²) in [4.78, 5) is 38.4. The lowest BCUT2D eigenvalue weighted by molar-refractivity contribution is -0.215. The minimum atomic E-state index is -1.16. The summed E-state index contributed by atoms with van der Waals surface area (Å²) in [5.41, 5.74) is 2.73. The molecule has 7 atom stereocenters. The Balaban J connectivity index is 1.61. The van der Waals surface area contributed by atoms with E-state index < -0.39 is 55.0 Å². The predicted octanol–water partition coefficient (Wildman–Crippen LogP) is 5.23. The molecule has 0 aliphatic carbocycles. The molecule has 1 heterocycles. The van der Waals surface area contributed by atoms with Crippen LogP contribution in [0, 0.1) is 0 Å². The first-order valence-corrected chi connectivity index (χ1v) is 17.6. The molecule has 0 aromatic heterocycles. The van der Waals surface area contributed by atoms with Crippen molar-refractivity contribution in [2.75, 3.05) is 27.3 Å². The molecule has 12 nitrogen and oxygen atoms in total. The van der Waals surface area contributed by atoms with Crippen molar-refractivity contribution in [3.05, 3.63) is 108 Å². The van der Waals surface area contributed by atoms with Gasteiger partial charge in [-0.1, -0.05) is 97.9 Å². The number of aliphatic hydroxyl groups is 1. The number of benzene rings is 3. The second kappa shape index (κ2) is 21.4. The molecule has 1 saturated heterocycles. The molecule has 1 amide bonds. The molecule has 1 aliphatic heterocycles. The van der Waals surface area contributed by atoms with E-state index in [1.54, 1.807) is 0 Å². The highest BCUT2D eigenvalue weighted by molar-refractivity contribution is 5.81. The Kier molecular flexibility index (Phi) is 16.7. The average molecular weight is 722 g/mol. The van der Waals surface area contributed by atoms with E-state index in [9.17, 15) is 19.5 Å². The zero-order valence-electron chi connectivity index (χ0n) is 30.3. The van der Waals surface area contributed by atoms with Crippen molar-refractivity contribution in [2.45, 2.75) is 95.8 Å². The second-order valence-electron chi connectivity index (χ2n) is 12.8. The van der Waals surface area contributed by atoms with Crippen LogP contribution < -0.4 is 0 Å². The van der Waals surface area contributed by atoms with Gasteiger partial charge in [-0.15, -0.1) is 0 Å². The smallest absolute Gasteiger partial charge is 0.409 e. The lowest BCUT2D eigenvalue weighted by Crippen LogP contribution is -2.48. The van der Waals surface area contributed by atoms with Crippen LogP contribution in [0.4, 0.5) is 4.79 Å². The summed E-state index contributed by atoms with van der Waals surface area (Å²) in [5, 5.41) is 10.7. The summed E-state index contributed by atoms with van der Waals surface area (Å²) >= 11 is 0. The normalized spacial score (nSPS) is 20.1. The maximum absolute atomic E-state index is 12.8. The summed E-state index contributed by atoms with van der Waals surface area (Å²) in [7, 11) is 3.07. The molecule has 3 aromatic carbocycles. The molecular formula is C40H51NO11. The van der Waals surface area contributed by atoms with Crippen molar-refractivity contribution in [1.82, 2.24) is 4.90 Å². The van der Waals surface area contributed by atoms with Crippen LogP contribution in [0.1, 0.15) is 49.8 Å². The maximum atomic E-state index is 12.8. The summed E-state index contributed by atoms with van der Waals surface area (Å²) in [6, 6.07) is 28.8. The number of amides is 1. The first kappa shape index (κ1) is 40.6. The molecule has 0 radical (unpaired) electrons. The quantitative estimate of drug-likeness (QED) is 0.145. The molecule has 1 aliphatic rings. The fourth-order valence-electron chi connectivity index (χ4n) is 5.59. The third-order valence-corrected chi connectivity index (χ3v) is 8.46. The number of rotatable bonds is 21. The van der Waals surface area contributed by atoms with Gasteiger partial charge in [0.1, 0.15) is 30.2 Å². The Morgan fingerprint density at radius 1 is 0.731 bits per heavy atom. The minimum absolute atomic E-state index is 0.0223. The Morgan fingerprint density at radius 3 is 1.73 bits per heavy atom. The summed E-state index contributed by atoms with van der Waals surface area (Å²) in [5.74, 6) is -0.767. The van der Waals surface area contributed by atoms with E-state index in [4.69, 9.17) is 33.2 Å². The molecule has 0 saturated carbocycles. The van der Waals surface area contributed by atoms with Crippen LogP contribution in [-0.4, -0.2) is 98.1 Å². The fourth-order valence-corrected chi connectivity index (χ4v) is 5.59. The van der Waals surface area contributed by atoms with Crippen LogP contribution in [0.15, 0.2) is 91.0 Å². The third-order valence-electron chi connectivity index (χ3n) is 8.46. The topological polar surface area (TPSA) is 139 Å². The van der Waals surface area contributed by atoms with Crippen LogP contribution in [-0.2, 0) is 62.6 Å².